The molecule has 1 aromatic heterocycles. The third-order valence-corrected chi connectivity index (χ3v) is 5.47. The molecule has 0 radical (unpaired) electrons. The lowest BCUT2D eigenvalue weighted by Crippen LogP contribution is -2.34. The van der Waals surface area contributed by atoms with Crippen molar-refractivity contribution in [3.63, 3.8) is 0 Å². The minimum absolute atomic E-state index is 0.132. The summed E-state index contributed by atoms with van der Waals surface area (Å²) in [4.78, 5) is 17.4. The van der Waals surface area contributed by atoms with E-state index in [1.54, 1.807) is 62.8 Å². The summed E-state index contributed by atoms with van der Waals surface area (Å²) in [6.07, 6.45) is 0. The van der Waals surface area contributed by atoms with E-state index in [0.717, 1.165) is 5.56 Å². The van der Waals surface area contributed by atoms with Gasteiger partial charge in [0.1, 0.15) is 17.0 Å². The number of aromatic nitrogens is 1. The summed E-state index contributed by atoms with van der Waals surface area (Å²) in [5.41, 5.74) is 2.97. The number of methoxy groups -OCH3 is 2. The Morgan fingerprint density at radius 2 is 1.62 bits per heavy atom. The number of thiocarbonyl (C=S) groups is 1. The number of hydrogen-bond acceptors (Lipinski definition) is 8. The fraction of sp³-hybridized carbons (Fsp3) is 0.222. The van der Waals surface area contributed by atoms with Gasteiger partial charge in [0.05, 0.1) is 27.4 Å². The van der Waals surface area contributed by atoms with Gasteiger partial charge in [0.25, 0.3) is 5.91 Å². The largest absolute Gasteiger partial charge is 0.494 e. The molecule has 0 spiro atoms. The van der Waals surface area contributed by atoms with Crippen LogP contribution in [0.2, 0.25) is 0 Å². The number of nitrogens with one attached hydrogen (secondary N) is 2. The number of carbonyl (C=O) groups is 1. The average Bonchev–Trinajstić information content (AvgIpc) is 3.32. The third-order valence-electron chi connectivity index (χ3n) is 5.27. The Morgan fingerprint density at radius 3 is 2.27 bits per heavy atom. The molecule has 0 unspecified atom stereocenters. The topological polar surface area (TPSA) is 104 Å². The van der Waals surface area contributed by atoms with Gasteiger partial charge in [-0.05, 0) is 74.6 Å². The number of oxazole rings is 1. The second-order valence-corrected chi connectivity index (χ2v) is 8.15. The van der Waals surface area contributed by atoms with Gasteiger partial charge < -0.3 is 28.7 Å². The van der Waals surface area contributed by atoms with E-state index in [1.807, 2.05) is 19.9 Å². The number of fused-ring (bicyclic) bond motifs is 1. The highest BCUT2D eigenvalue weighted by atomic mass is 32.1. The molecule has 10 heteroatoms. The van der Waals surface area contributed by atoms with Gasteiger partial charge >= 0.3 is 0 Å². The zero-order valence-electron chi connectivity index (χ0n) is 20.9. The Labute approximate surface area is 219 Å². The number of hydrogen-bond donors (Lipinski definition) is 2. The molecule has 0 aliphatic rings. The summed E-state index contributed by atoms with van der Waals surface area (Å²) in [6, 6.07) is 15.8. The maximum absolute atomic E-state index is 12.8. The second kappa shape index (κ2) is 11.6. The zero-order chi connectivity index (χ0) is 26.4. The Morgan fingerprint density at radius 1 is 0.919 bits per heavy atom. The standard InChI is InChI=1S/C27H27N3O6S/c1-5-34-19-11-17(12-20(15-19)35-6-2)25(31)30-27(37)28-18-8-10-22-21(14-18)29-26(36-22)16-7-9-23(32-3)24(13-16)33-4/h7-15H,5-6H2,1-4H3,(H2,28,30,31,37). The molecule has 3 aromatic carbocycles. The van der Waals surface area contributed by atoms with E-state index in [9.17, 15) is 4.79 Å². The lowest BCUT2D eigenvalue weighted by atomic mass is 10.2. The summed E-state index contributed by atoms with van der Waals surface area (Å²) >= 11 is 5.36. The van der Waals surface area contributed by atoms with E-state index in [4.69, 9.17) is 35.6 Å². The first-order valence-electron chi connectivity index (χ1n) is 11.6. The molecule has 0 saturated carbocycles. The van der Waals surface area contributed by atoms with Gasteiger partial charge in [0.15, 0.2) is 22.2 Å². The first kappa shape index (κ1) is 25.8. The van der Waals surface area contributed by atoms with E-state index in [2.05, 4.69) is 15.6 Å². The average molecular weight is 522 g/mol. The lowest BCUT2D eigenvalue weighted by Gasteiger charge is -2.12. The fourth-order valence-electron chi connectivity index (χ4n) is 3.64. The molecular formula is C27H27N3O6S. The first-order valence-corrected chi connectivity index (χ1v) is 12.0. The van der Waals surface area contributed by atoms with Crippen LogP contribution in [0.4, 0.5) is 5.69 Å². The molecule has 0 aliphatic carbocycles. The molecule has 1 amide bonds. The molecule has 0 fully saturated rings. The van der Waals surface area contributed by atoms with Crippen LogP contribution in [0, 0.1) is 0 Å². The molecule has 4 rings (SSSR count). The van der Waals surface area contributed by atoms with E-state index in [-0.39, 0.29) is 5.11 Å². The van der Waals surface area contributed by atoms with Crippen molar-refractivity contribution in [3.05, 3.63) is 60.2 Å². The van der Waals surface area contributed by atoms with Crippen LogP contribution in [0.1, 0.15) is 24.2 Å². The van der Waals surface area contributed by atoms with Crippen molar-refractivity contribution >= 4 is 40.0 Å². The van der Waals surface area contributed by atoms with E-state index in [1.165, 1.54) is 0 Å². The minimum Gasteiger partial charge on any atom is -0.494 e. The number of ether oxygens (including phenoxy) is 4. The number of amides is 1. The highest BCUT2D eigenvalue weighted by molar-refractivity contribution is 7.80. The Hall–Kier alpha value is -4.31. The van der Waals surface area contributed by atoms with Crippen molar-refractivity contribution in [2.24, 2.45) is 0 Å². The first-order chi connectivity index (χ1) is 17.9. The van der Waals surface area contributed by atoms with Gasteiger partial charge in [0.2, 0.25) is 5.89 Å². The molecule has 0 bridgehead atoms. The number of rotatable bonds is 9. The number of anilines is 1. The van der Waals surface area contributed by atoms with Gasteiger partial charge in [-0.1, -0.05) is 0 Å². The predicted octanol–water partition coefficient (Wildman–Crippen LogP) is 5.44. The molecule has 4 aromatic rings. The Kier molecular flexibility index (Phi) is 8.09. The lowest BCUT2D eigenvalue weighted by molar-refractivity contribution is 0.0976. The van der Waals surface area contributed by atoms with Crippen LogP contribution in [-0.4, -0.2) is 43.4 Å². The van der Waals surface area contributed by atoms with Crippen molar-refractivity contribution in [2.45, 2.75) is 13.8 Å². The van der Waals surface area contributed by atoms with Gasteiger partial charge in [-0.25, -0.2) is 4.98 Å². The van der Waals surface area contributed by atoms with Gasteiger partial charge in [-0.15, -0.1) is 0 Å². The van der Waals surface area contributed by atoms with Crippen molar-refractivity contribution in [3.8, 4) is 34.5 Å². The maximum Gasteiger partial charge on any atom is 0.257 e. The number of nitrogens with zero attached hydrogens (tertiary/aromatic N) is 1. The van der Waals surface area contributed by atoms with Crippen LogP contribution >= 0.6 is 12.2 Å². The van der Waals surface area contributed by atoms with Crippen molar-refractivity contribution in [2.75, 3.05) is 32.8 Å². The molecule has 0 atom stereocenters. The van der Waals surface area contributed by atoms with Crippen molar-refractivity contribution < 1.29 is 28.2 Å². The van der Waals surface area contributed by atoms with E-state index >= 15 is 0 Å². The molecular weight excluding hydrogens is 494 g/mol. The molecule has 37 heavy (non-hydrogen) atoms. The maximum atomic E-state index is 12.8. The smallest absolute Gasteiger partial charge is 0.257 e. The summed E-state index contributed by atoms with van der Waals surface area (Å²) < 4.78 is 27.7. The van der Waals surface area contributed by atoms with Crippen molar-refractivity contribution in [1.29, 1.82) is 0 Å². The van der Waals surface area contributed by atoms with Gasteiger partial charge in [-0.3, -0.25) is 10.1 Å². The Balaban J connectivity index is 1.48. The van der Waals surface area contributed by atoms with Crippen molar-refractivity contribution in [1.82, 2.24) is 10.3 Å². The highest BCUT2D eigenvalue weighted by Crippen LogP contribution is 2.33. The molecule has 1 heterocycles. The van der Waals surface area contributed by atoms with Gasteiger partial charge in [-0.2, -0.15) is 0 Å². The van der Waals surface area contributed by atoms with Crippen LogP contribution in [-0.2, 0) is 0 Å². The van der Waals surface area contributed by atoms with Crippen LogP contribution in [0.5, 0.6) is 23.0 Å². The van der Waals surface area contributed by atoms with Gasteiger partial charge in [0, 0.05) is 22.9 Å². The minimum atomic E-state index is -0.391. The fourth-order valence-corrected chi connectivity index (χ4v) is 3.85. The number of carbonyl (C=O) groups excluding carboxylic acids is 1. The monoisotopic (exact) mass is 521 g/mol. The molecule has 0 saturated heterocycles. The third kappa shape index (κ3) is 6.10. The van der Waals surface area contributed by atoms with E-state index in [0.29, 0.717) is 64.5 Å². The summed E-state index contributed by atoms with van der Waals surface area (Å²) in [6.45, 7) is 4.67. The summed E-state index contributed by atoms with van der Waals surface area (Å²) in [5, 5.41) is 5.83. The highest BCUT2D eigenvalue weighted by Gasteiger charge is 2.15. The summed E-state index contributed by atoms with van der Waals surface area (Å²) in [7, 11) is 3.15. The predicted molar refractivity (Wildman–Crippen MR) is 145 cm³/mol. The summed E-state index contributed by atoms with van der Waals surface area (Å²) in [5.74, 6) is 2.31. The Bertz CT molecular complexity index is 1410. The molecule has 192 valence electrons. The van der Waals surface area contributed by atoms with Crippen LogP contribution in [0.25, 0.3) is 22.6 Å². The normalized spacial score (nSPS) is 10.6. The zero-order valence-corrected chi connectivity index (χ0v) is 21.7. The van der Waals surface area contributed by atoms with Crippen LogP contribution < -0.4 is 29.6 Å². The van der Waals surface area contributed by atoms with Crippen LogP contribution in [0.15, 0.2) is 59.0 Å². The second-order valence-electron chi connectivity index (χ2n) is 7.74. The van der Waals surface area contributed by atoms with Crippen LogP contribution in [0.3, 0.4) is 0 Å². The molecule has 9 nitrogen and oxygen atoms in total. The SMILES string of the molecule is CCOc1cc(OCC)cc(C(=O)NC(=S)Nc2ccc3oc(-c4ccc(OC)c(OC)c4)nc3c2)c1. The number of benzene rings is 3. The molecule has 0 aliphatic heterocycles. The quantitative estimate of drug-likeness (QED) is 0.279. The van der Waals surface area contributed by atoms with E-state index < -0.39 is 5.91 Å². The molecule has 2 N–H and O–H groups in total.